The normalized spacial score (nSPS) is 9.12. The maximum atomic E-state index is 8.52. The smallest absolute Gasteiger partial charge is 0.0669 e. The topological polar surface area (TPSA) is 59.6 Å². The van der Waals surface area contributed by atoms with Crippen LogP contribution in [0.15, 0.2) is 24.3 Å². The molecule has 0 unspecified atom stereocenters. The van der Waals surface area contributed by atoms with E-state index in [9.17, 15) is 0 Å². The van der Waals surface area contributed by atoms with Crippen LogP contribution in [0.5, 0.6) is 0 Å². The molecule has 0 fully saturated rings. The van der Waals surface area contributed by atoms with Gasteiger partial charge in [0.05, 0.1) is 18.6 Å². The first-order chi connectivity index (χ1) is 7.86. The molecule has 0 amide bonds. The summed E-state index contributed by atoms with van der Waals surface area (Å²) in [6.07, 6.45) is 3.04. The molecule has 0 radical (unpaired) electrons. The van der Waals surface area contributed by atoms with Gasteiger partial charge in [0.25, 0.3) is 0 Å². The van der Waals surface area contributed by atoms with Crippen LogP contribution in [0.2, 0.25) is 0 Å². The van der Waals surface area contributed by atoms with Crippen LogP contribution in [0.4, 0.5) is 5.69 Å². The highest BCUT2D eigenvalue weighted by molar-refractivity contribution is 5.44. The van der Waals surface area contributed by atoms with Gasteiger partial charge in [-0.1, -0.05) is 12.1 Å². The van der Waals surface area contributed by atoms with Crippen LogP contribution in [0.3, 0.4) is 0 Å². The SMILES string of the molecule is N#CCCCCNc1ccc(CC#N)cc1. The third-order valence-electron chi connectivity index (χ3n) is 2.28. The predicted octanol–water partition coefficient (Wildman–Crippen LogP) is 2.86. The van der Waals surface area contributed by atoms with Crippen molar-refractivity contribution in [1.29, 1.82) is 10.5 Å². The number of anilines is 1. The average molecular weight is 213 g/mol. The van der Waals surface area contributed by atoms with Gasteiger partial charge < -0.3 is 5.32 Å². The molecule has 0 aliphatic heterocycles. The quantitative estimate of drug-likeness (QED) is 0.739. The zero-order valence-electron chi connectivity index (χ0n) is 9.24. The maximum absolute atomic E-state index is 8.52. The fraction of sp³-hybridized carbons (Fsp3) is 0.385. The third-order valence-corrected chi connectivity index (χ3v) is 2.28. The van der Waals surface area contributed by atoms with Gasteiger partial charge in [0.15, 0.2) is 0 Å². The van der Waals surface area contributed by atoms with E-state index in [0.29, 0.717) is 12.8 Å². The van der Waals surface area contributed by atoms with Crippen LogP contribution in [0, 0.1) is 22.7 Å². The predicted molar refractivity (Wildman–Crippen MR) is 63.7 cm³/mol. The van der Waals surface area contributed by atoms with Crippen molar-refractivity contribution in [3.8, 4) is 12.1 Å². The first-order valence-corrected chi connectivity index (χ1v) is 5.43. The number of nitriles is 2. The Labute approximate surface area is 96.3 Å². The fourth-order valence-corrected chi connectivity index (χ4v) is 1.39. The zero-order chi connectivity index (χ0) is 11.6. The van der Waals surface area contributed by atoms with Gasteiger partial charge in [0.1, 0.15) is 0 Å². The zero-order valence-corrected chi connectivity index (χ0v) is 9.24. The van der Waals surface area contributed by atoms with Gasteiger partial charge in [0.2, 0.25) is 0 Å². The Balaban J connectivity index is 2.27. The molecule has 1 rings (SSSR count). The van der Waals surface area contributed by atoms with Gasteiger partial charge in [-0.05, 0) is 30.5 Å². The van der Waals surface area contributed by atoms with E-state index in [-0.39, 0.29) is 0 Å². The third kappa shape index (κ3) is 4.48. The summed E-state index contributed by atoms with van der Waals surface area (Å²) in [5.41, 5.74) is 2.11. The Morgan fingerprint density at radius 3 is 2.38 bits per heavy atom. The van der Waals surface area contributed by atoms with Gasteiger partial charge in [-0.25, -0.2) is 0 Å². The summed E-state index contributed by atoms with van der Waals surface area (Å²) in [6, 6.07) is 12.1. The van der Waals surface area contributed by atoms with Crippen LogP contribution in [0.1, 0.15) is 24.8 Å². The van der Waals surface area contributed by atoms with E-state index in [1.807, 2.05) is 24.3 Å². The van der Waals surface area contributed by atoms with E-state index in [1.165, 1.54) is 0 Å². The van der Waals surface area contributed by atoms with Crippen LogP contribution < -0.4 is 5.32 Å². The Kier molecular flexibility index (Phi) is 5.52. The van der Waals surface area contributed by atoms with E-state index in [1.54, 1.807) is 0 Å². The highest BCUT2D eigenvalue weighted by atomic mass is 14.9. The van der Waals surface area contributed by atoms with E-state index in [0.717, 1.165) is 30.6 Å². The lowest BCUT2D eigenvalue weighted by Gasteiger charge is -2.05. The molecule has 0 saturated heterocycles. The van der Waals surface area contributed by atoms with Crippen molar-refractivity contribution in [2.24, 2.45) is 0 Å². The minimum absolute atomic E-state index is 0.461. The number of unbranched alkanes of at least 4 members (excludes halogenated alkanes) is 2. The van der Waals surface area contributed by atoms with E-state index in [2.05, 4.69) is 17.5 Å². The van der Waals surface area contributed by atoms with Crippen LogP contribution in [-0.4, -0.2) is 6.54 Å². The molecule has 0 aliphatic rings. The summed E-state index contributed by atoms with van der Waals surface area (Å²) in [4.78, 5) is 0. The maximum Gasteiger partial charge on any atom is 0.0669 e. The first-order valence-electron chi connectivity index (χ1n) is 5.43. The van der Waals surface area contributed by atoms with Crippen molar-refractivity contribution in [3.63, 3.8) is 0 Å². The van der Waals surface area contributed by atoms with Gasteiger partial charge in [0, 0.05) is 18.7 Å². The molecule has 1 N–H and O–H groups in total. The Bertz CT molecular complexity index is 381. The molecular weight excluding hydrogens is 198 g/mol. The molecule has 0 aromatic heterocycles. The first kappa shape index (κ1) is 12.1. The fourth-order valence-electron chi connectivity index (χ4n) is 1.39. The summed E-state index contributed by atoms with van der Waals surface area (Å²) in [7, 11) is 0. The molecule has 0 heterocycles. The minimum Gasteiger partial charge on any atom is -0.385 e. The molecule has 3 nitrogen and oxygen atoms in total. The van der Waals surface area contributed by atoms with Crippen molar-refractivity contribution in [3.05, 3.63) is 29.8 Å². The monoisotopic (exact) mass is 213 g/mol. The lowest BCUT2D eigenvalue weighted by atomic mass is 10.1. The van der Waals surface area contributed by atoms with Crippen LogP contribution in [0.25, 0.3) is 0 Å². The van der Waals surface area contributed by atoms with Crippen molar-refractivity contribution < 1.29 is 0 Å². The summed E-state index contributed by atoms with van der Waals surface area (Å²) in [6.45, 7) is 0.888. The van der Waals surface area contributed by atoms with Gasteiger partial charge in [-0.3, -0.25) is 0 Å². The van der Waals surface area contributed by atoms with Gasteiger partial charge in [-0.15, -0.1) is 0 Å². The summed E-state index contributed by atoms with van der Waals surface area (Å²) in [5.74, 6) is 0. The molecular formula is C13H15N3. The number of hydrogen-bond donors (Lipinski definition) is 1. The second-order valence-electron chi connectivity index (χ2n) is 3.57. The lowest BCUT2D eigenvalue weighted by Crippen LogP contribution is -2.01. The van der Waals surface area contributed by atoms with Crippen molar-refractivity contribution in [2.75, 3.05) is 11.9 Å². The van der Waals surface area contributed by atoms with Crippen molar-refractivity contribution in [2.45, 2.75) is 25.7 Å². The molecule has 16 heavy (non-hydrogen) atoms. The van der Waals surface area contributed by atoms with Gasteiger partial charge >= 0.3 is 0 Å². The second-order valence-corrected chi connectivity index (χ2v) is 3.57. The van der Waals surface area contributed by atoms with E-state index < -0.39 is 0 Å². The number of rotatable bonds is 6. The van der Waals surface area contributed by atoms with E-state index >= 15 is 0 Å². The molecule has 0 saturated carbocycles. The Hall–Kier alpha value is -2.00. The summed E-state index contributed by atoms with van der Waals surface area (Å²) < 4.78 is 0. The largest absolute Gasteiger partial charge is 0.385 e. The number of nitrogens with zero attached hydrogens (tertiary/aromatic N) is 2. The summed E-state index contributed by atoms with van der Waals surface area (Å²) >= 11 is 0. The van der Waals surface area contributed by atoms with Gasteiger partial charge in [-0.2, -0.15) is 10.5 Å². The molecule has 1 aromatic rings. The highest BCUT2D eigenvalue weighted by Crippen LogP contribution is 2.10. The standard InChI is InChI=1S/C13H15N3/c14-9-2-1-3-11-16-13-6-4-12(5-7-13)8-10-15/h4-7,16H,1-3,8,11H2. The Morgan fingerprint density at radius 2 is 1.75 bits per heavy atom. The van der Waals surface area contributed by atoms with Crippen LogP contribution >= 0.6 is 0 Å². The Morgan fingerprint density at radius 1 is 1.00 bits per heavy atom. The van der Waals surface area contributed by atoms with E-state index in [4.69, 9.17) is 10.5 Å². The average Bonchev–Trinajstić information content (AvgIpc) is 2.31. The molecule has 0 aliphatic carbocycles. The van der Waals surface area contributed by atoms with Crippen molar-refractivity contribution >= 4 is 5.69 Å². The molecule has 3 heteroatoms. The summed E-state index contributed by atoms with van der Waals surface area (Å²) in [5, 5.41) is 20.2. The molecule has 0 atom stereocenters. The van der Waals surface area contributed by atoms with Crippen molar-refractivity contribution in [1.82, 2.24) is 0 Å². The number of hydrogen-bond acceptors (Lipinski definition) is 3. The minimum atomic E-state index is 0.461. The lowest BCUT2D eigenvalue weighted by molar-refractivity contribution is 0.784. The van der Waals surface area contributed by atoms with Crippen LogP contribution in [-0.2, 0) is 6.42 Å². The molecule has 1 aromatic carbocycles. The number of nitrogens with one attached hydrogen (secondary N) is 1. The molecule has 0 bridgehead atoms. The molecule has 0 spiro atoms. The highest BCUT2D eigenvalue weighted by Gasteiger charge is 1.93. The molecule has 82 valence electrons. The number of benzene rings is 1. The second kappa shape index (κ2) is 7.31.